The summed E-state index contributed by atoms with van der Waals surface area (Å²) in [6, 6.07) is 4.35. The van der Waals surface area contributed by atoms with E-state index in [1.165, 1.54) is 49.2 Å². The molecule has 1 saturated heterocycles. The van der Waals surface area contributed by atoms with E-state index in [4.69, 9.17) is 4.74 Å². The lowest BCUT2D eigenvalue weighted by atomic mass is 9.96. The van der Waals surface area contributed by atoms with Crippen LogP contribution in [-0.4, -0.2) is 26.7 Å². The van der Waals surface area contributed by atoms with E-state index in [-0.39, 0.29) is 0 Å². The molecule has 0 bridgehead atoms. The first kappa shape index (κ1) is 11.8. The molecule has 0 unspecified atom stereocenters. The third-order valence-electron chi connectivity index (χ3n) is 4.10. The fourth-order valence-corrected chi connectivity index (χ4v) is 3.17. The SMILES string of the molecule is COc1ccc2c(c1N1CCCCC1)CCNC2. The Labute approximate surface area is 109 Å². The van der Waals surface area contributed by atoms with E-state index >= 15 is 0 Å². The van der Waals surface area contributed by atoms with Crippen molar-refractivity contribution in [3.05, 3.63) is 23.3 Å². The molecule has 98 valence electrons. The highest BCUT2D eigenvalue weighted by molar-refractivity contribution is 5.67. The average molecular weight is 246 g/mol. The van der Waals surface area contributed by atoms with Gasteiger partial charge in [0.1, 0.15) is 5.75 Å². The molecule has 2 aliphatic heterocycles. The Morgan fingerprint density at radius 3 is 2.78 bits per heavy atom. The number of fused-ring (bicyclic) bond motifs is 1. The van der Waals surface area contributed by atoms with Gasteiger partial charge < -0.3 is 15.0 Å². The second-order valence-corrected chi connectivity index (χ2v) is 5.23. The highest BCUT2D eigenvalue weighted by atomic mass is 16.5. The van der Waals surface area contributed by atoms with Crippen molar-refractivity contribution in [3.63, 3.8) is 0 Å². The summed E-state index contributed by atoms with van der Waals surface area (Å²) in [6.07, 6.45) is 5.11. The molecule has 18 heavy (non-hydrogen) atoms. The minimum absolute atomic E-state index is 1.00. The van der Waals surface area contributed by atoms with E-state index in [0.29, 0.717) is 0 Å². The van der Waals surface area contributed by atoms with E-state index in [0.717, 1.165) is 25.3 Å². The Bertz CT molecular complexity index is 425. The molecule has 3 rings (SSSR count). The molecule has 1 fully saturated rings. The van der Waals surface area contributed by atoms with Crippen LogP contribution in [0.3, 0.4) is 0 Å². The smallest absolute Gasteiger partial charge is 0.142 e. The molecular formula is C15H22N2O. The third-order valence-corrected chi connectivity index (χ3v) is 4.10. The summed E-state index contributed by atoms with van der Waals surface area (Å²) >= 11 is 0. The van der Waals surface area contributed by atoms with Crippen LogP contribution in [0.4, 0.5) is 5.69 Å². The van der Waals surface area contributed by atoms with E-state index in [1.807, 2.05) is 0 Å². The third kappa shape index (κ3) is 2.07. The van der Waals surface area contributed by atoms with Crippen LogP contribution in [-0.2, 0) is 13.0 Å². The predicted octanol–water partition coefficient (Wildman–Crippen LogP) is 2.33. The first-order valence-corrected chi connectivity index (χ1v) is 7.04. The van der Waals surface area contributed by atoms with Gasteiger partial charge in [-0.15, -0.1) is 0 Å². The molecule has 0 saturated carbocycles. The van der Waals surface area contributed by atoms with E-state index in [1.54, 1.807) is 7.11 Å². The topological polar surface area (TPSA) is 24.5 Å². The number of nitrogens with zero attached hydrogens (tertiary/aromatic N) is 1. The summed E-state index contributed by atoms with van der Waals surface area (Å²) < 4.78 is 5.60. The Morgan fingerprint density at radius 1 is 1.17 bits per heavy atom. The zero-order valence-corrected chi connectivity index (χ0v) is 11.2. The monoisotopic (exact) mass is 246 g/mol. The predicted molar refractivity (Wildman–Crippen MR) is 74.5 cm³/mol. The largest absolute Gasteiger partial charge is 0.495 e. The molecule has 0 radical (unpaired) electrons. The van der Waals surface area contributed by atoms with Crippen molar-refractivity contribution in [1.82, 2.24) is 5.32 Å². The molecule has 1 aromatic carbocycles. The van der Waals surface area contributed by atoms with Gasteiger partial charge in [-0.25, -0.2) is 0 Å². The van der Waals surface area contributed by atoms with Gasteiger partial charge in [0.2, 0.25) is 0 Å². The van der Waals surface area contributed by atoms with Crippen molar-refractivity contribution in [2.24, 2.45) is 0 Å². The van der Waals surface area contributed by atoms with Crippen LogP contribution < -0.4 is 15.0 Å². The molecule has 0 aromatic heterocycles. The standard InChI is InChI=1S/C15H22N2O/c1-18-14-6-5-12-11-16-8-7-13(12)15(14)17-9-3-2-4-10-17/h5-6,16H,2-4,7-11H2,1H3. The number of rotatable bonds is 2. The summed E-state index contributed by atoms with van der Waals surface area (Å²) in [5.74, 6) is 1.05. The van der Waals surface area contributed by atoms with Crippen LogP contribution in [0.5, 0.6) is 5.75 Å². The van der Waals surface area contributed by atoms with Crippen LogP contribution in [0, 0.1) is 0 Å². The maximum Gasteiger partial charge on any atom is 0.142 e. The fraction of sp³-hybridized carbons (Fsp3) is 0.600. The molecule has 0 aliphatic carbocycles. The Morgan fingerprint density at radius 2 is 2.00 bits per heavy atom. The van der Waals surface area contributed by atoms with Gasteiger partial charge in [-0.1, -0.05) is 6.07 Å². The van der Waals surface area contributed by atoms with Gasteiger partial charge in [0.05, 0.1) is 12.8 Å². The Kier molecular flexibility index (Phi) is 3.41. The maximum atomic E-state index is 5.60. The van der Waals surface area contributed by atoms with Crippen LogP contribution >= 0.6 is 0 Å². The van der Waals surface area contributed by atoms with Crippen LogP contribution in [0.15, 0.2) is 12.1 Å². The summed E-state index contributed by atoms with van der Waals surface area (Å²) in [7, 11) is 1.79. The van der Waals surface area contributed by atoms with Gasteiger partial charge >= 0.3 is 0 Å². The minimum atomic E-state index is 1.00. The number of piperidine rings is 1. The molecule has 2 heterocycles. The van der Waals surface area contributed by atoms with E-state index in [2.05, 4.69) is 22.3 Å². The maximum absolute atomic E-state index is 5.60. The van der Waals surface area contributed by atoms with Crippen molar-refractivity contribution in [3.8, 4) is 5.75 Å². The number of hydrogen-bond acceptors (Lipinski definition) is 3. The van der Waals surface area contributed by atoms with Crippen LogP contribution in [0.25, 0.3) is 0 Å². The molecule has 1 aromatic rings. The number of benzene rings is 1. The molecule has 2 aliphatic rings. The number of ether oxygens (including phenoxy) is 1. The van der Waals surface area contributed by atoms with Crippen LogP contribution in [0.2, 0.25) is 0 Å². The first-order chi connectivity index (χ1) is 8.90. The van der Waals surface area contributed by atoms with E-state index in [9.17, 15) is 0 Å². The number of anilines is 1. The minimum Gasteiger partial charge on any atom is -0.495 e. The molecule has 3 heteroatoms. The van der Waals surface area contributed by atoms with Gasteiger partial charge in [0, 0.05) is 19.6 Å². The van der Waals surface area contributed by atoms with Crippen molar-refractivity contribution < 1.29 is 4.74 Å². The van der Waals surface area contributed by atoms with Gasteiger partial charge in [-0.2, -0.15) is 0 Å². The van der Waals surface area contributed by atoms with Gasteiger partial charge in [-0.3, -0.25) is 0 Å². The van der Waals surface area contributed by atoms with Gasteiger partial charge in [0.15, 0.2) is 0 Å². The van der Waals surface area contributed by atoms with Gasteiger partial charge in [0.25, 0.3) is 0 Å². The zero-order valence-electron chi connectivity index (χ0n) is 11.2. The Balaban J connectivity index is 2.03. The molecular weight excluding hydrogens is 224 g/mol. The first-order valence-electron chi connectivity index (χ1n) is 7.04. The van der Waals surface area contributed by atoms with Crippen molar-refractivity contribution in [1.29, 1.82) is 0 Å². The molecule has 3 nitrogen and oxygen atoms in total. The summed E-state index contributed by atoms with van der Waals surface area (Å²) in [4.78, 5) is 2.53. The highest BCUT2D eigenvalue weighted by Crippen LogP contribution is 2.37. The lowest BCUT2D eigenvalue weighted by Gasteiger charge is -2.34. The van der Waals surface area contributed by atoms with Crippen molar-refractivity contribution in [2.75, 3.05) is 31.6 Å². The van der Waals surface area contributed by atoms with Crippen molar-refractivity contribution in [2.45, 2.75) is 32.2 Å². The second kappa shape index (κ2) is 5.19. The second-order valence-electron chi connectivity index (χ2n) is 5.23. The quantitative estimate of drug-likeness (QED) is 0.867. The molecule has 0 atom stereocenters. The lowest BCUT2D eigenvalue weighted by Crippen LogP contribution is -2.33. The summed E-state index contributed by atoms with van der Waals surface area (Å²) in [5.41, 5.74) is 4.33. The normalized spacial score (nSPS) is 19.5. The fourth-order valence-electron chi connectivity index (χ4n) is 3.17. The summed E-state index contributed by atoms with van der Waals surface area (Å²) in [5, 5.41) is 3.45. The zero-order chi connectivity index (χ0) is 12.4. The lowest BCUT2D eigenvalue weighted by molar-refractivity contribution is 0.411. The van der Waals surface area contributed by atoms with E-state index < -0.39 is 0 Å². The average Bonchev–Trinajstić information content (AvgIpc) is 2.47. The molecule has 1 N–H and O–H groups in total. The number of methoxy groups -OCH3 is 1. The highest BCUT2D eigenvalue weighted by Gasteiger charge is 2.22. The Hall–Kier alpha value is -1.22. The van der Waals surface area contributed by atoms with Crippen molar-refractivity contribution >= 4 is 5.69 Å². The summed E-state index contributed by atoms with van der Waals surface area (Å²) in [6.45, 7) is 4.45. The number of nitrogens with one attached hydrogen (secondary N) is 1. The number of hydrogen-bond donors (Lipinski definition) is 1. The molecule has 0 spiro atoms. The van der Waals surface area contributed by atoms with Crippen LogP contribution in [0.1, 0.15) is 30.4 Å². The molecule has 0 amide bonds. The van der Waals surface area contributed by atoms with Gasteiger partial charge in [-0.05, 0) is 49.4 Å².